The van der Waals surface area contributed by atoms with Crippen LogP contribution in [0.2, 0.25) is 0 Å². The monoisotopic (exact) mass is 463 g/mol. The molecule has 5 heterocycles. The molecule has 2 aromatic rings. The Morgan fingerprint density at radius 1 is 1.03 bits per heavy atom. The predicted molar refractivity (Wildman–Crippen MR) is 124 cm³/mol. The smallest absolute Gasteiger partial charge is 0.312 e. The van der Waals surface area contributed by atoms with Gasteiger partial charge in [-0.25, -0.2) is 4.98 Å². The Hall–Kier alpha value is -3.38. The summed E-state index contributed by atoms with van der Waals surface area (Å²) in [5.41, 5.74) is 2.68. The highest BCUT2D eigenvalue weighted by Gasteiger charge is 2.35. The molecular weight excluding hydrogens is 434 g/mol. The van der Waals surface area contributed by atoms with E-state index in [0.717, 1.165) is 24.0 Å². The topological polar surface area (TPSA) is 103 Å². The van der Waals surface area contributed by atoms with Crippen molar-refractivity contribution in [3.63, 3.8) is 0 Å². The molecule has 34 heavy (non-hydrogen) atoms. The summed E-state index contributed by atoms with van der Waals surface area (Å²) in [6.45, 7) is 7.53. The average Bonchev–Trinajstić information content (AvgIpc) is 3.56. The molecule has 0 bridgehead atoms. The largest absolute Gasteiger partial charge is 0.463 e. The van der Waals surface area contributed by atoms with Crippen molar-refractivity contribution >= 4 is 17.6 Å². The molecular formula is C25H29N5O4. The molecule has 0 aromatic carbocycles. The first kappa shape index (κ1) is 22.4. The minimum Gasteiger partial charge on any atom is -0.463 e. The van der Waals surface area contributed by atoms with E-state index in [1.807, 2.05) is 30.9 Å². The molecule has 9 heteroatoms. The van der Waals surface area contributed by atoms with Crippen LogP contribution in [0.5, 0.6) is 0 Å². The molecule has 2 fully saturated rings. The number of carbonyl (C=O) groups is 2. The highest BCUT2D eigenvalue weighted by Crippen LogP contribution is 2.39. The van der Waals surface area contributed by atoms with Crippen LogP contribution in [0.3, 0.4) is 0 Å². The lowest BCUT2D eigenvalue weighted by Crippen LogP contribution is -2.53. The summed E-state index contributed by atoms with van der Waals surface area (Å²) >= 11 is 0. The van der Waals surface area contributed by atoms with Crippen LogP contribution in [0.15, 0.2) is 22.8 Å². The first-order chi connectivity index (χ1) is 16.4. The molecule has 3 aliphatic rings. The summed E-state index contributed by atoms with van der Waals surface area (Å²) in [4.78, 5) is 35.5. The van der Waals surface area contributed by atoms with Gasteiger partial charge in [0.05, 0.1) is 24.0 Å². The Bertz CT molecular complexity index is 1140. The van der Waals surface area contributed by atoms with E-state index in [4.69, 9.17) is 14.1 Å². The third kappa shape index (κ3) is 4.03. The minimum atomic E-state index is -0.435. The third-order valence-corrected chi connectivity index (χ3v) is 6.91. The third-order valence-electron chi connectivity index (χ3n) is 6.91. The van der Waals surface area contributed by atoms with E-state index in [1.54, 1.807) is 16.1 Å². The summed E-state index contributed by atoms with van der Waals surface area (Å²) in [6.07, 6.45) is 4.11. The van der Waals surface area contributed by atoms with E-state index in [0.29, 0.717) is 75.1 Å². The Balaban J connectivity index is 1.43. The number of carbonyl (C=O) groups excluding carboxylic acids is 2. The van der Waals surface area contributed by atoms with Crippen molar-refractivity contribution < 1.29 is 18.7 Å². The van der Waals surface area contributed by atoms with Crippen LogP contribution in [-0.2, 0) is 27.4 Å². The second-order valence-electron chi connectivity index (χ2n) is 9.71. The molecule has 9 nitrogen and oxygen atoms in total. The van der Waals surface area contributed by atoms with Gasteiger partial charge in [-0.15, -0.1) is 0 Å². The van der Waals surface area contributed by atoms with Crippen LogP contribution >= 0.6 is 0 Å². The number of ether oxygens (including phenoxy) is 1. The van der Waals surface area contributed by atoms with Gasteiger partial charge in [-0.3, -0.25) is 9.59 Å². The summed E-state index contributed by atoms with van der Waals surface area (Å²) in [6, 6.07) is 6.06. The van der Waals surface area contributed by atoms with Gasteiger partial charge in [-0.1, -0.05) is 0 Å². The van der Waals surface area contributed by atoms with Crippen molar-refractivity contribution in [1.82, 2.24) is 14.8 Å². The number of rotatable bonds is 2. The van der Waals surface area contributed by atoms with Crippen LogP contribution in [0, 0.1) is 11.3 Å². The lowest BCUT2D eigenvalue weighted by atomic mass is 9.87. The Morgan fingerprint density at radius 3 is 2.32 bits per heavy atom. The van der Waals surface area contributed by atoms with Crippen LogP contribution < -0.4 is 4.90 Å². The van der Waals surface area contributed by atoms with Gasteiger partial charge < -0.3 is 23.9 Å². The molecule has 0 aliphatic carbocycles. The van der Waals surface area contributed by atoms with Crippen LogP contribution in [0.1, 0.15) is 43.4 Å². The van der Waals surface area contributed by atoms with Gasteiger partial charge in [0.2, 0.25) is 0 Å². The number of hydrogen-bond acceptors (Lipinski definition) is 7. The molecule has 2 saturated heterocycles. The van der Waals surface area contributed by atoms with Gasteiger partial charge in [0.15, 0.2) is 5.76 Å². The fraction of sp³-hybridized carbons (Fsp3) is 0.520. The highest BCUT2D eigenvalue weighted by molar-refractivity contribution is 6.35. The lowest BCUT2D eigenvalue weighted by Gasteiger charge is -2.38. The molecule has 0 saturated carbocycles. The number of likely N-dealkylation sites (tertiary alicyclic amines) is 1. The number of hydrogen-bond donors (Lipinski definition) is 0. The molecule has 0 spiro atoms. The van der Waals surface area contributed by atoms with E-state index >= 15 is 0 Å². The number of aromatic nitrogens is 1. The summed E-state index contributed by atoms with van der Waals surface area (Å²) in [5.74, 6) is 0.396. The highest BCUT2D eigenvalue weighted by atomic mass is 16.5. The normalized spacial score (nSPS) is 19.6. The summed E-state index contributed by atoms with van der Waals surface area (Å²) in [5, 5.41) is 10.1. The summed E-state index contributed by atoms with van der Waals surface area (Å²) in [7, 11) is 0. The van der Waals surface area contributed by atoms with Gasteiger partial charge >= 0.3 is 11.8 Å². The van der Waals surface area contributed by atoms with Crippen molar-refractivity contribution in [2.45, 2.75) is 45.3 Å². The van der Waals surface area contributed by atoms with Gasteiger partial charge in [0.25, 0.3) is 0 Å². The fourth-order valence-corrected chi connectivity index (χ4v) is 5.03. The lowest BCUT2D eigenvalue weighted by molar-refractivity contribution is -0.151. The van der Waals surface area contributed by atoms with Crippen molar-refractivity contribution in [3.8, 4) is 17.5 Å². The molecule has 0 atom stereocenters. The van der Waals surface area contributed by atoms with E-state index in [2.05, 4.69) is 6.07 Å². The Kier molecular flexibility index (Phi) is 5.78. The fourth-order valence-electron chi connectivity index (χ4n) is 5.03. The molecule has 0 N–H and O–H groups in total. The number of nitrogens with zero attached hydrogens (tertiary/aromatic N) is 5. The van der Waals surface area contributed by atoms with Gasteiger partial charge in [0, 0.05) is 51.3 Å². The van der Waals surface area contributed by atoms with Crippen LogP contribution in [0.25, 0.3) is 11.5 Å². The second-order valence-corrected chi connectivity index (χ2v) is 9.71. The Morgan fingerprint density at radius 2 is 1.71 bits per heavy atom. The van der Waals surface area contributed by atoms with Crippen molar-refractivity contribution in [1.29, 1.82) is 5.26 Å². The quantitative estimate of drug-likeness (QED) is 0.630. The average molecular weight is 464 g/mol. The predicted octanol–water partition coefficient (Wildman–Crippen LogP) is 2.34. The minimum absolute atomic E-state index is 0.362. The van der Waals surface area contributed by atoms with E-state index in [-0.39, 0.29) is 0 Å². The summed E-state index contributed by atoms with van der Waals surface area (Å²) < 4.78 is 11.7. The molecule has 3 aliphatic heterocycles. The number of piperazine rings is 1. The Labute approximate surface area is 198 Å². The molecule has 0 radical (unpaired) electrons. The maximum absolute atomic E-state index is 12.7. The first-order valence-corrected chi connectivity index (χ1v) is 11.8. The molecule has 178 valence electrons. The SMILES string of the molecule is CC1(C)Cc2c(C#N)c(N3CCN(C(=O)C(=O)N4CCCC4)CC3)nc(-c3ccco3)c2CO1. The molecule has 2 aromatic heterocycles. The van der Waals surface area contributed by atoms with Crippen LogP contribution in [-0.4, -0.2) is 71.5 Å². The van der Waals surface area contributed by atoms with Crippen molar-refractivity contribution in [2.75, 3.05) is 44.2 Å². The number of pyridine rings is 1. The molecule has 5 rings (SSSR count). The zero-order chi connectivity index (χ0) is 23.9. The van der Waals surface area contributed by atoms with Gasteiger partial charge in [-0.2, -0.15) is 5.26 Å². The van der Waals surface area contributed by atoms with Crippen molar-refractivity contribution in [3.05, 3.63) is 35.1 Å². The van der Waals surface area contributed by atoms with Crippen LogP contribution in [0.4, 0.5) is 5.82 Å². The number of furan rings is 1. The zero-order valence-corrected chi connectivity index (χ0v) is 19.7. The second kappa shape index (κ2) is 8.76. The van der Waals surface area contributed by atoms with E-state index < -0.39 is 17.4 Å². The van der Waals surface area contributed by atoms with Gasteiger partial charge in [0.1, 0.15) is 17.6 Å². The zero-order valence-electron chi connectivity index (χ0n) is 19.7. The standard InChI is InChI=1S/C25H29N5O4/c1-25(2)14-17-18(15-26)22(27-21(19(17)16-34-25)20-6-5-13-33-20)28-9-11-30(12-10-28)24(32)23(31)29-7-3-4-8-29/h5-6,13H,3-4,7-12,14,16H2,1-2H3. The number of fused-ring (bicyclic) bond motifs is 1. The molecule has 2 amide bonds. The first-order valence-electron chi connectivity index (χ1n) is 11.8. The molecule has 0 unspecified atom stereocenters. The maximum Gasteiger partial charge on any atom is 0.312 e. The maximum atomic E-state index is 12.7. The van der Waals surface area contributed by atoms with Gasteiger partial charge in [-0.05, 0) is 44.4 Å². The number of anilines is 1. The number of amides is 2. The van der Waals surface area contributed by atoms with E-state index in [9.17, 15) is 14.9 Å². The number of nitriles is 1. The van der Waals surface area contributed by atoms with E-state index in [1.165, 1.54) is 0 Å². The van der Waals surface area contributed by atoms with Crippen molar-refractivity contribution in [2.24, 2.45) is 0 Å².